The van der Waals surface area contributed by atoms with Crippen LogP contribution in [0.1, 0.15) is 22.3 Å². The van der Waals surface area contributed by atoms with Crippen LogP contribution in [0.5, 0.6) is 23.0 Å². The Bertz CT molecular complexity index is 1440. The van der Waals surface area contributed by atoms with Crippen LogP contribution < -0.4 is 18.9 Å². The fraction of sp³-hybridized carbons (Fsp3) is 0.118. The van der Waals surface area contributed by atoms with Gasteiger partial charge in [0, 0.05) is 0 Å². The van der Waals surface area contributed by atoms with Crippen molar-refractivity contribution >= 4 is 0 Å². The largest absolute Gasteiger partial charge is 0.488 e. The van der Waals surface area contributed by atoms with Gasteiger partial charge in [0.25, 0.3) is 0 Å². The standard InChI is InChI=1S/C34H26O4/c1-6-23-16-24(7-1)20-36-30-13-5-15-32-34(30)28-11-3-10-27(18-28)33-29(35-19-23)12-4-14-31(33)37-21-25-8-2-9-26(17-25)22-38-32/h1-18H,19-22H2. The van der Waals surface area contributed by atoms with E-state index in [9.17, 15) is 0 Å². The molecule has 4 heteroatoms. The predicted molar refractivity (Wildman–Crippen MR) is 148 cm³/mol. The van der Waals surface area contributed by atoms with E-state index >= 15 is 0 Å². The van der Waals surface area contributed by atoms with E-state index in [1.165, 1.54) is 0 Å². The fourth-order valence-electron chi connectivity index (χ4n) is 5.17. The number of hydrogen-bond donors (Lipinski definition) is 0. The molecule has 5 aromatic rings. The maximum Gasteiger partial charge on any atom is 0.131 e. The summed E-state index contributed by atoms with van der Waals surface area (Å²) in [6.07, 6.45) is 0. The topological polar surface area (TPSA) is 36.9 Å². The van der Waals surface area contributed by atoms with E-state index < -0.39 is 0 Å². The van der Waals surface area contributed by atoms with Crippen molar-refractivity contribution in [2.24, 2.45) is 0 Å². The lowest BCUT2D eigenvalue weighted by Gasteiger charge is -2.21. The third-order valence-electron chi connectivity index (χ3n) is 6.98. The molecule has 8 bridgehead atoms. The van der Waals surface area contributed by atoms with Gasteiger partial charge < -0.3 is 18.9 Å². The molecule has 0 aromatic heterocycles. The van der Waals surface area contributed by atoms with Gasteiger partial charge in [-0.15, -0.1) is 0 Å². The Morgan fingerprint density at radius 3 is 1.03 bits per heavy atom. The smallest absolute Gasteiger partial charge is 0.131 e. The molecule has 5 aromatic carbocycles. The first-order valence-electron chi connectivity index (χ1n) is 12.8. The molecule has 0 saturated carbocycles. The van der Waals surface area contributed by atoms with E-state index in [2.05, 4.69) is 60.7 Å². The minimum atomic E-state index is 0.445. The first-order chi connectivity index (χ1) is 18.8. The van der Waals surface area contributed by atoms with Crippen LogP contribution in [0.25, 0.3) is 22.3 Å². The molecule has 2 heterocycles. The zero-order valence-corrected chi connectivity index (χ0v) is 20.9. The first-order valence-corrected chi connectivity index (χ1v) is 12.8. The molecule has 0 unspecified atom stereocenters. The van der Waals surface area contributed by atoms with Crippen molar-refractivity contribution in [3.8, 4) is 45.3 Å². The van der Waals surface area contributed by atoms with Crippen LogP contribution in [0, 0.1) is 0 Å². The summed E-state index contributed by atoms with van der Waals surface area (Å²) in [6.45, 7) is 1.78. The van der Waals surface area contributed by atoms with Gasteiger partial charge in [-0.25, -0.2) is 0 Å². The monoisotopic (exact) mass is 498 g/mol. The lowest BCUT2D eigenvalue weighted by Crippen LogP contribution is -2.05. The van der Waals surface area contributed by atoms with Gasteiger partial charge in [-0.05, 0) is 75.8 Å². The van der Waals surface area contributed by atoms with Gasteiger partial charge in [0.1, 0.15) is 49.4 Å². The van der Waals surface area contributed by atoms with Crippen molar-refractivity contribution in [1.82, 2.24) is 0 Å². The normalized spacial score (nSPS) is 13.7. The summed E-state index contributed by atoms with van der Waals surface area (Å²) in [5.41, 5.74) is 8.19. The summed E-state index contributed by atoms with van der Waals surface area (Å²) < 4.78 is 25.8. The number of rotatable bonds is 0. The van der Waals surface area contributed by atoms with Crippen molar-refractivity contribution < 1.29 is 18.9 Å². The van der Waals surface area contributed by atoms with E-state index in [1.54, 1.807) is 0 Å². The SMILES string of the molecule is c1cc2cc(c1)COc1cccc3c1-c1cccc(c1)-c1c(cccc1OCc1cccc(c1)CO3)OC2. The lowest BCUT2D eigenvalue weighted by atomic mass is 9.96. The minimum Gasteiger partial charge on any atom is -0.488 e. The second kappa shape index (κ2) is 9.64. The van der Waals surface area contributed by atoms with Crippen LogP contribution >= 0.6 is 0 Å². The van der Waals surface area contributed by atoms with Crippen LogP contribution in [-0.4, -0.2) is 0 Å². The zero-order valence-electron chi connectivity index (χ0n) is 20.9. The van der Waals surface area contributed by atoms with Gasteiger partial charge in [0.15, 0.2) is 0 Å². The molecular formula is C34H26O4. The third-order valence-corrected chi connectivity index (χ3v) is 6.98. The number of fused-ring (bicyclic) bond motifs is 4. The summed E-state index contributed by atoms with van der Waals surface area (Å²) in [7, 11) is 0. The van der Waals surface area contributed by atoms with Crippen molar-refractivity contribution in [3.63, 3.8) is 0 Å². The van der Waals surface area contributed by atoms with Crippen LogP contribution in [0.2, 0.25) is 0 Å². The van der Waals surface area contributed by atoms with Crippen molar-refractivity contribution in [3.05, 3.63) is 131 Å². The van der Waals surface area contributed by atoms with E-state index in [0.717, 1.165) is 67.5 Å². The highest BCUT2D eigenvalue weighted by Crippen LogP contribution is 2.44. The Labute approximate surface area is 222 Å². The predicted octanol–water partition coefficient (Wildman–Crippen LogP) is 7.96. The molecule has 4 nitrogen and oxygen atoms in total. The van der Waals surface area contributed by atoms with Crippen LogP contribution in [0.15, 0.2) is 109 Å². The highest BCUT2D eigenvalue weighted by atomic mass is 16.5. The highest BCUT2D eigenvalue weighted by molar-refractivity contribution is 5.84. The summed E-state index contributed by atoms with van der Waals surface area (Å²) in [5, 5.41) is 0. The van der Waals surface area contributed by atoms with E-state index in [4.69, 9.17) is 18.9 Å². The van der Waals surface area contributed by atoms with Crippen LogP contribution in [0.3, 0.4) is 0 Å². The molecule has 7 rings (SSSR count). The molecule has 0 radical (unpaired) electrons. The maximum absolute atomic E-state index is 6.44. The molecule has 2 aliphatic heterocycles. The molecule has 186 valence electrons. The minimum absolute atomic E-state index is 0.445. The van der Waals surface area contributed by atoms with Gasteiger partial charge in [0.05, 0.1) is 11.1 Å². The Kier molecular flexibility index (Phi) is 5.71. The molecule has 0 saturated heterocycles. The molecule has 0 N–H and O–H groups in total. The van der Waals surface area contributed by atoms with Crippen molar-refractivity contribution in [1.29, 1.82) is 0 Å². The van der Waals surface area contributed by atoms with Crippen LogP contribution in [-0.2, 0) is 26.4 Å². The summed E-state index contributed by atoms with van der Waals surface area (Å²) >= 11 is 0. The van der Waals surface area contributed by atoms with Gasteiger partial charge in [-0.3, -0.25) is 0 Å². The molecule has 38 heavy (non-hydrogen) atoms. The molecule has 0 aliphatic carbocycles. The maximum atomic E-state index is 6.44. The molecule has 0 amide bonds. The van der Waals surface area contributed by atoms with Crippen molar-refractivity contribution in [2.45, 2.75) is 26.4 Å². The average molecular weight is 499 g/mol. The summed E-state index contributed by atoms with van der Waals surface area (Å²) in [4.78, 5) is 0. The van der Waals surface area contributed by atoms with Crippen LogP contribution in [0.4, 0.5) is 0 Å². The van der Waals surface area contributed by atoms with Gasteiger partial charge in [-0.1, -0.05) is 66.7 Å². The van der Waals surface area contributed by atoms with Gasteiger partial charge in [0.2, 0.25) is 0 Å². The van der Waals surface area contributed by atoms with E-state index in [-0.39, 0.29) is 0 Å². The second-order valence-corrected chi connectivity index (χ2v) is 9.63. The number of ether oxygens (including phenoxy) is 4. The highest BCUT2D eigenvalue weighted by Gasteiger charge is 2.19. The molecule has 2 aliphatic rings. The molecule has 0 fully saturated rings. The summed E-state index contributed by atoms with van der Waals surface area (Å²) in [6, 6.07) is 37.1. The molecule has 0 atom stereocenters. The Hall–Kier alpha value is -4.70. The lowest BCUT2D eigenvalue weighted by molar-refractivity contribution is 0.286. The fourth-order valence-corrected chi connectivity index (χ4v) is 5.17. The first kappa shape index (κ1) is 22.5. The summed E-state index contributed by atoms with van der Waals surface area (Å²) in [5.74, 6) is 3.13. The number of benzene rings is 5. The molecular weight excluding hydrogens is 472 g/mol. The van der Waals surface area contributed by atoms with E-state index in [0.29, 0.717) is 26.4 Å². The zero-order chi connectivity index (χ0) is 25.3. The third kappa shape index (κ3) is 4.35. The average Bonchev–Trinajstić information content (AvgIpc) is 2.96. The Balaban J connectivity index is 1.50. The Morgan fingerprint density at radius 1 is 0.342 bits per heavy atom. The number of hydrogen-bond acceptors (Lipinski definition) is 4. The second-order valence-electron chi connectivity index (χ2n) is 9.63. The van der Waals surface area contributed by atoms with Crippen molar-refractivity contribution in [2.75, 3.05) is 0 Å². The quantitative estimate of drug-likeness (QED) is 0.217. The van der Waals surface area contributed by atoms with E-state index in [1.807, 2.05) is 48.5 Å². The van der Waals surface area contributed by atoms with Gasteiger partial charge in [-0.2, -0.15) is 0 Å². The molecule has 0 spiro atoms. The Morgan fingerprint density at radius 2 is 0.658 bits per heavy atom. The van der Waals surface area contributed by atoms with Gasteiger partial charge >= 0.3 is 0 Å².